The second-order valence-electron chi connectivity index (χ2n) is 5.54. The first kappa shape index (κ1) is 17.0. The van der Waals surface area contributed by atoms with Crippen LogP contribution in [0.3, 0.4) is 0 Å². The molecule has 4 aromatic rings. The fourth-order valence-electron chi connectivity index (χ4n) is 2.55. The van der Waals surface area contributed by atoms with Gasteiger partial charge in [0.15, 0.2) is 17.3 Å². The Labute approximate surface area is 157 Å². The van der Waals surface area contributed by atoms with E-state index in [-0.39, 0.29) is 5.56 Å². The number of ether oxygens (including phenoxy) is 2. The summed E-state index contributed by atoms with van der Waals surface area (Å²) in [4.78, 5) is 17.4. The summed E-state index contributed by atoms with van der Waals surface area (Å²) in [6.07, 6.45) is 6.84. The van der Waals surface area contributed by atoms with Crippen molar-refractivity contribution in [3.63, 3.8) is 0 Å². The molecule has 0 amide bonds. The van der Waals surface area contributed by atoms with Crippen molar-refractivity contribution in [2.45, 2.75) is 0 Å². The number of fused-ring (bicyclic) bond motifs is 1. The van der Waals surface area contributed by atoms with Gasteiger partial charge in [-0.2, -0.15) is 9.50 Å². The maximum atomic E-state index is 12.4. The molecule has 7 nitrogen and oxygen atoms in total. The Kier molecular flexibility index (Phi) is 4.47. The van der Waals surface area contributed by atoms with Crippen molar-refractivity contribution in [1.82, 2.24) is 14.6 Å². The summed E-state index contributed by atoms with van der Waals surface area (Å²) in [5, 5.41) is 4.26. The maximum absolute atomic E-state index is 12.4. The number of methoxy groups -OCH3 is 2. The van der Waals surface area contributed by atoms with Crippen molar-refractivity contribution in [2.75, 3.05) is 14.2 Å². The molecule has 4 rings (SSSR count). The van der Waals surface area contributed by atoms with Crippen LogP contribution < -0.4 is 19.6 Å². The predicted octanol–water partition coefficient (Wildman–Crippen LogP) is 2.48. The Balaban J connectivity index is 1.64. The Morgan fingerprint density at radius 2 is 2.00 bits per heavy atom. The zero-order valence-corrected chi connectivity index (χ0v) is 15.4. The molecule has 3 heterocycles. The molecule has 136 valence electrons. The zero-order chi connectivity index (χ0) is 18.8. The largest absolute Gasteiger partial charge is 0.493 e. The first-order chi connectivity index (χ1) is 13.2. The highest BCUT2D eigenvalue weighted by Crippen LogP contribution is 2.28. The summed E-state index contributed by atoms with van der Waals surface area (Å²) in [5.74, 6) is 2.37. The Bertz CT molecular complexity index is 1220. The molecule has 27 heavy (non-hydrogen) atoms. The van der Waals surface area contributed by atoms with Crippen molar-refractivity contribution in [1.29, 1.82) is 0 Å². The van der Waals surface area contributed by atoms with E-state index in [1.165, 1.54) is 15.9 Å². The summed E-state index contributed by atoms with van der Waals surface area (Å²) >= 11 is 1.27. The third-order valence-electron chi connectivity index (χ3n) is 3.85. The lowest BCUT2D eigenvalue weighted by Gasteiger charge is -2.07. The van der Waals surface area contributed by atoms with Crippen LogP contribution in [0.5, 0.6) is 11.5 Å². The third kappa shape index (κ3) is 3.34. The fourth-order valence-corrected chi connectivity index (χ4v) is 3.44. The minimum atomic E-state index is -0.218. The average Bonchev–Trinajstić information content (AvgIpc) is 3.40. The van der Waals surface area contributed by atoms with E-state index in [9.17, 15) is 4.79 Å². The van der Waals surface area contributed by atoms with Crippen LogP contribution in [0, 0.1) is 0 Å². The van der Waals surface area contributed by atoms with Gasteiger partial charge in [0.2, 0.25) is 4.96 Å². The van der Waals surface area contributed by atoms with Crippen molar-refractivity contribution in [2.24, 2.45) is 0 Å². The lowest BCUT2D eigenvalue weighted by Crippen LogP contribution is -2.23. The monoisotopic (exact) mass is 381 g/mol. The molecule has 0 atom stereocenters. The molecule has 0 aliphatic rings. The van der Waals surface area contributed by atoms with E-state index in [0.29, 0.717) is 32.6 Å². The van der Waals surface area contributed by atoms with Gasteiger partial charge in [-0.3, -0.25) is 4.79 Å². The molecule has 0 saturated heterocycles. The van der Waals surface area contributed by atoms with Crippen molar-refractivity contribution >= 4 is 34.5 Å². The number of nitrogens with zero attached hydrogens (tertiary/aromatic N) is 3. The molecule has 0 fully saturated rings. The van der Waals surface area contributed by atoms with Crippen LogP contribution in [0.1, 0.15) is 17.1 Å². The van der Waals surface area contributed by atoms with Crippen LogP contribution in [0.4, 0.5) is 0 Å². The first-order valence-corrected chi connectivity index (χ1v) is 8.84. The van der Waals surface area contributed by atoms with Gasteiger partial charge >= 0.3 is 0 Å². The number of hydrogen-bond acceptors (Lipinski definition) is 7. The highest BCUT2D eigenvalue weighted by Gasteiger charge is 2.09. The second-order valence-corrected chi connectivity index (χ2v) is 6.55. The van der Waals surface area contributed by atoms with Crippen LogP contribution in [-0.2, 0) is 0 Å². The van der Waals surface area contributed by atoms with Gasteiger partial charge in [0.05, 0.1) is 20.5 Å². The van der Waals surface area contributed by atoms with Gasteiger partial charge in [-0.15, -0.1) is 5.10 Å². The Hall–Kier alpha value is -3.39. The zero-order valence-electron chi connectivity index (χ0n) is 14.6. The van der Waals surface area contributed by atoms with E-state index < -0.39 is 0 Å². The molecule has 0 N–H and O–H groups in total. The van der Waals surface area contributed by atoms with Crippen LogP contribution in [0.25, 0.3) is 23.2 Å². The van der Waals surface area contributed by atoms with Gasteiger partial charge in [-0.05, 0) is 35.9 Å². The number of rotatable bonds is 5. The van der Waals surface area contributed by atoms with E-state index >= 15 is 0 Å². The summed E-state index contributed by atoms with van der Waals surface area (Å²) in [5.41, 5.74) is 0.685. The molecule has 3 aromatic heterocycles. The highest BCUT2D eigenvalue weighted by molar-refractivity contribution is 7.15. The number of benzene rings is 1. The molecular formula is C19H15N3O4S. The highest BCUT2D eigenvalue weighted by atomic mass is 32.1. The molecule has 0 saturated carbocycles. The van der Waals surface area contributed by atoms with E-state index in [2.05, 4.69) is 10.1 Å². The van der Waals surface area contributed by atoms with Crippen molar-refractivity contribution < 1.29 is 13.9 Å². The van der Waals surface area contributed by atoms with E-state index in [4.69, 9.17) is 13.9 Å². The smallest absolute Gasteiger partial charge is 0.291 e. The normalized spacial score (nSPS) is 12.3. The first-order valence-electron chi connectivity index (χ1n) is 8.03. The lowest BCUT2D eigenvalue weighted by atomic mass is 10.2. The van der Waals surface area contributed by atoms with Crippen LogP contribution in [0.2, 0.25) is 0 Å². The average molecular weight is 381 g/mol. The predicted molar refractivity (Wildman–Crippen MR) is 103 cm³/mol. The number of furan rings is 1. The van der Waals surface area contributed by atoms with Crippen LogP contribution >= 0.6 is 11.3 Å². The SMILES string of the molecule is COc1ccc(/C=C/c2nc3s/c(=C\c4ccco4)c(=O)n3n2)cc1OC. The molecule has 0 spiro atoms. The number of hydrogen-bond donors (Lipinski definition) is 0. The van der Waals surface area contributed by atoms with E-state index in [1.54, 1.807) is 44.8 Å². The lowest BCUT2D eigenvalue weighted by molar-refractivity contribution is 0.355. The van der Waals surface area contributed by atoms with Gasteiger partial charge in [-0.25, -0.2) is 0 Å². The van der Waals surface area contributed by atoms with Gasteiger partial charge < -0.3 is 13.9 Å². The van der Waals surface area contributed by atoms with E-state index in [0.717, 1.165) is 5.56 Å². The topological polar surface area (TPSA) is 78.9 Å². The standard InChI is InChI=1S/C19H15N3O4S/c1-24-14-7-5-12(10-15(14)25-2)6-8-17-20-19-22(21-17)18(23)16(27-19)11-13-4-3-9-26-13/h3-11H,1-2H3/b8-6+,16-11-. The Morgan fingerprint density at radius 3 is 2.70 bits per heavy atom. The molecule has 0 aliphatic carbocycles. The van der Waals surface area contributed by atoms with Crippen LogP contribution in [-0.4, -0.2) is 28.8 Å². The summed E-state index contributed by atoms with van der Waals surface area (Å²) < 4.78 is 17.6. The van der Waals surface area contributed by atoms with Gasteiger partial charge in [-0.1, -0.05) is 23.5 Å². The van der Waals surface area contributed by atoms with Crippen molar-refractivity contribution in [3.05, 3.63) is 68.6 Å². The van der Waals surface area contributed by atoms with Crippen molar-refractivity contribution in [3.8, 4) is 11.5 Å². The van der Waals surface area contributed by atoms with Gasteiger partial charge in [0.1, 0.15) is 10.3 Å². The minimum Gasteiger partial charge on any atom is -0.493 e. The molecule has 0 unspecified atom stereocenters. The summed E-state index contributed by atoms with van der Waals surface area (Å²) in [6, 6.07) is 9.12. The van der Waals surface area contributed by atoms with Crippen LogP contribution in [0.15, 0.2) is 45.8 Å². The third-order valence-corrected chi connectivity index (χ3v) is 4.81. The number of thiazole rings is 1. The van der Waals surface area contributed by atoms with Gasteiger partial charge in [0.25, 0.3) is 5.56 Å². The fraction of sp³-hybridized carbons (Fsp3) is 0.105. The molecule has 1 aromatic carbocycles. The minimum absolute atomic E-state index is 0.218. The van der Waals surface area contributed by atoms with Gasteiger partial charge in [0, 0.05) is 6.08 Å². The Morgan fingerprint density at radius 1 is 1.15 bits per heavy atom. The summed E-state index contributed by atoms with van der Waals surface area (Å²) in [7, 11) is 3.18. The molecule has 8 heteroatoms. The maximum Gasteiger partial charge on any atom is 0.291 e. The molecule has 0 bridgehead atoms. The second kappa shape index (κ2) is 7.08. The summed E-state index contributed by atoms with van der Waals surface area (Å²) in [6.45, 7) is 0. The quantitative estimate of drug-likeness (QED) is 0.528. The van der Waals surface area contributed by atoms with E-state index in [1.807, 2.05) is 24.3 Å². The number of aromatic nitrogens is 3. The molecular weight excluding hydrogens is 366 g/mol. The molecule has 0 radical (unpaired) electrons. The molecule has 0 aliphatic heterocycles.